The molecule has 5 aromatic heterocycles. The number of aromatic nitrogens is 6. The molecule has 0 aliphatic heterocycles. The molecule has 0 fully saturated rings. The van der Waals surface area contributed by atoms with E-state index in [0.29, 0.717) is 39.4 Å². The fourth-order valence-electron chi connectivity index (χ4n) is 8.09. The molecule has 0 spiro atoms. The zero-order valence-electron chi connectivity index (χ0n) is 50.6. The molecule has 0 saturated heterocycles. The molecular weight excluding hydrogens is 2150 g/mol. The molecule has 1 N–H and O–H groups in total. The van der Waals surface area contributed by atoms with Gasteiger partial charge in [-0.05, 0) is 108 Å². The number of hydrogen-bond donors (Lipinski definition) is 1. The van der Waals surface area contributed by atoms with Crippen LogP contribution in [0.25, 0.3) is 72.5 Å². The maximum atomic E-state index is 13.9. The van der Waals surface area contributed by atoms with Gasteiger partial charge in [-0.15, -0.1) is 107 Å². The largest absolute Gasteiger partial charge is 0.512 e. The van der Waals surface area contributed by atoms with E-state index in [9.17, 15) is 48.7 Å². The molecule has 0 amide bonds. The topological polar surface area (TPSA) is 130 Å². The second-order valence-electron chi connectivity index (χ2n) is 20.3. The van der Waals surface area contributed by atoms with Crippen LogP contribution in [0.1, 0.15) is 51.3 Å². The predicted molar refractivity (Wildman–Crippen MR) is 327 cm³/mol. The van der Waals surface area contributed by atoms with Crippen molar-refractivity contribution in [3.63, 3.8) is 0 Å². The summed E-state index contributed by atoms with van der Waals surface area (Å²) in [7, 11) is 0. The molecule has 0 aliphatic carbocycles. The molecule has 0 bridgehead atoms. The van der Waals surface area contributed by atoms with E-state index in [0.717, 1.165) is 59.1 Å². The van der Waals surface area contributed by atoms with Crippen LogP contribution >= 0.6 is 0 Å². The number of benzene rings is 7. The second-order valence-corrected chi connectivity index (χ2v) is 20.3. The van der Waals surface area contributed by atoms with E-state index < -0.39 is 57.8 Å². The van der Waals surface area contributed by atoms with Crippen molar-refractivity contribution in [2.75, 3.05) is 0 Å². The van der Waals surface area contributed by atoms with Gasteiger partial charge in [0.1, 0.15) is 5.82 Å². The number of carbonyl (C=O) groups excluding carboxylic acids is 1. The second kappa shape index (κ2) is 40.0. The minimum absolute atomic E-state index is 0. The summed E-state index contributed by atoms with van der Waals surface area (Å²) in [6.07, 6.45) is 3.39. The van der Waals surface area contributed by atoms with E-state index in [1.807, 2.05) is 36.5 Å². The van der Waals surface area contributed by atoms with Crippen LogP contribution < -0.4 is 0 Å². The van der Waals surface area contributed by atoms with Gasteiger partial charge in [0.2, 0.25) is 0 Å². The van der Waals surface area contributed by atoms with Gasteiger partial charge in [0.05, 0.1) is 33.8 Å². The normalized spacial score (nSPS) is 10.4. The van der Waals surface area contributed by atoms with Crippen LogP contribution in [0.2, 0.25) is 0 Å². The number of fused-ring (bicyclic) bond motifs is 2. The maximum Gasteiger partial charge on any atom is 0.370 e. The minimum atomic E-state index is -4.32. The third-order valence-corrected chi connectivity index (χ3v) is 12.4. The van der Waals surface area contributed by atoms with Crippen molar-refractivity contribution in [3.05, 3.63) is 300 Å². The maximum absolute atomic E-state index is 13.9. The summed E-state index contributed by atoms with van der Waals surface area (Å²) in [5.41, 5.74) is 6.80. The van der Waals surface area contributed by atoms with Gasteiger partial charge < -0.3 is 15.1 Å². The van der Waals surface area contributed by atoms with Crippen molar-refractivity contribution in [1.29, 1.82) is 5.26 Å². The molecule has 12 aromatic rings. The molecule has 0 unspecified atom stereocenters. The molecular formula is C72H50F10Ir5N7O2-5. The number of alkyl halides is 3. The van der Waals surface area contributed by atoms with Crippen LogP contribution in [0.5, 0.6) is 0 Å². The Morgan fingerprint density at radius 3 is 1.78 bits per heavy atom. The number of halogens is 10. The SMILES string of the molecule is CC(=O)C=C(C)O.CC(C)(C)c1cc[c-]c(-c2ccccn2)c1.FC(F)(F)c1c[c-]c(-n2cccn2)cc1.Fc1c[c-]c(-c2ccccn2)c(F)c1.Fc1ccc2nc(-c3[c-]cccc3)cc(F)c2c1F.N#Cc1ccc2nc(-c3[c-]c(F)cc(F)c3)ccc2c1.[Ir].[Ir].[Ir].[Ir].[Ir]. The molecule has 5 radical (unpaired) electrons. The number of allylic oxidation sites excluding steroid dienone is 2. The quantitative estimate of drug-likeness (QED) is 0.0754. The van der Waals surface area contributed by atoms with Gasteiger partial charge >= 0.3 is 6.18 Å². The third kappa shape index (κ3) is 25.3. The molecule has 0 atom stereocenters. The smallest absolute Gasteiger partial charge is 0.370 e. The number of nitrogens with zero attached hydrogens (tertiary/aromatic N) is 7. The molecule has 12 rings (SSSR count). The van der Waals surface area contributed by atoms with Crippen molar-refractivity contribution in [2.24, 2.45) is 0 Å². The summed E-state index contributed by atoms with van der Waals surface area (Å²) in [6.45, 7) is 9.49. The van der Waals surface area contributed by atoms with Gasteiger partial charge in [-0.1, -0.05) is 80.4 Å². The van der Waals surface area contributed by atoms with Crippen LogP contribution in [-0.4, -0.2) is 40.6 Å². The number of nitriles is 1. The first-order valence-corrected chi connectivity index (χ1v) is 27.2. The van der Waals surface area contributed by atoms with E-state index in [2.05, 4.69) is 88.3 Å². The van der Waals surface area contributed by atoms with E-state index in [-0.39, 0.29) is 134 Å². The molecule has 96 heavy (non-hydrogen) atoms. The number of rotatable bonds is 6. The first kappa shape index (κ1) is 84.2. The predicted octanol–water partition coefficient (Wildman–Crippen LogP) is 18.4. The molecule has 0 saturated carbocycles. The van der Waals surface area contributed by atoms with Crippen LogP contribution in [0.3, 0.4) is 0 Å². The molecule has 9 nitrogen and oxygen atoms in total. The number of aliphatic hydroxyl groups is 1. The summed E-state index contributed by atoms with van der Waals surface area (Å²) < 4.78 is 131. The van der Waals surface area contributed by atoms with Crippen molar-refractivity contribution >= 4 is 27.6 Å². The van der Waals surface area contributed by atoms with Crippen LogP contribution in [0.15, 0.2) is 213 Å². The van der Waals surface area contributed by atoms with Crippen LogP contribution in [0.4, 0.5) is 43.9 Å². The minimum Gasteiger partial charge on any atom is -0.512 e. The van der Waals surface area contributed by atoms with E-state index in [1.165, 1.54) is 48.4 Å². The van der Waals surface area contributed by atoms with Crippen molar-refractivity contribution < 1.29 is 154 Å². The summed E-state index contributed by atoms with van der Waals surface area (Å²) >= 11 is 0. The van der Waals surface area contributed by atoms with E-state index in [4.69, 9.17) is 10.4 Å². The summed E-state index contributed by atoms with van der Waals surface area (Å²) in [6, 6.07) is 60.4. The number of hydrogen-bond acceptors (Lipinski definition) is 8. The molecule has 7 aromatic carbocycles. The number of pyridine rings is 4. The van der Waals surface area contributed by atoms with Gasteiger partial charge in [0.25, 0.3) is 0 Å². The van der Waals surface area contributed by atoms with E-state index in [1.54, 1.807) is 97.5 Å². The summed E-state index contributed by atoms with van der Waals surface area (Å²) in [5.74, 6) is -5.93. The third-order valence-electron chi connectivity index (χ3n) is 12.4. The Balaban J connectivity index is 0.000000395. The fourth-order valence-corrected chi connectivity index (χ4v) is 8.09. The Hall–Kier alpha value is -7.88. The van der Waals surface area contributed by atoms with Gasteiger partial charge in [-0.25, -0.2) is 22.0 Å². The zero-order chi connectivity index (χ0) is 65.8. The van der Waals surface area contributed by atoms with Gasteiger partial charge in [-0.2, -0.15) is 41.7 Å². The summed E-state index contributed by atoms with van der Waals surface area (Å²) in [4.78, 5) is 26.8. The number of ketones is 1. The Morgan fingerprint density at radius 1 is 0.562 bits per heavy atom. The number of carbonyl (C=O) groups is 1. The average Bonchev–Trinajstić information content (AvgIpc) is 0.869. The van der Waals surface area contributed by atoms with E-state index >= 15 is 0 Å². The molecule has 24 heteroatoms. The Morgan fingerprint density at radius 2 is 1.23 bits per heavy atom. The Bertz CT molecular complexity index is 4470. The van der Waals surface area contributed by atoms with Gasteiger partial charge in [0, 0.05) is 155 Å². The molecule has 505 valence electrons. The van der Waals surface area contributed by atoms with Crippen molar-refractivity contribution in [3.8, 4) is 56.8 Å². The molecule has 0 aliphatic rings. The average molecular weight is 2200 g/mol. The number of aliphatic hydroxyl groups excluding tert-OH is 1. The molecule has 5 heterocycles. The zero-order valence-corrected chi connectivity index (χ0v) is 62.5. The standard InChI is InChI=1S/C16H7F2N2.C15H7F3N.C15H16N.C11H6F2N.C10H6F3N2.C5H8O2.5Ir/c17-13-6-12(7-14(18)8-13)16-4-2-11-5-10(9-19)1-3-15(11)20-16;16-10-6-7-12-14(15(10)18)11(17)8-13(19-12)9-4-2-1-3-5-9;1-15(2,3)13-8-6-7-12(11-13)14-9-4-5-10-16-14;12-8-4-5-9(10(13)7-8)11-3-1-2-6-14-11;11-10(12,13)8-2-4-9(5-3-8)15-7-1-6-14-15;1-4(6)3-5(2)7;;;;;/h1-6,8H;1-4,6-8H;4-6,8-11H,1-3H3;1-4,6-7H;1-4,6-7H;3,6H,1-2H3;;;;;/q5*-1;;;;;;. The van der Waals surface area contributed by atoms with Crippen LogP contribution in [-0.2, 0) is 117 Å². The fraction of sp³-hybridized carbons (Fsp3) is 0.0972. The first-order valence-electron chi connectivity index (χ1n) is 27.2. The first-order chi connectivity index (χ1) is 43.4. The van der Waals surface area contributed by atoms with Crippen molar-refractivity contribution in [1.82, 2.24) is 29.7 Å². The Kier molecular flexibility index (Phi) is 35.1. The van der Waals surface area contributed by atoms with Gasteiger partial charge in [-0.3, -0.25) is 28.2 Å². The van der Waals surface area contributed by atoms with Crippen LogP contribution in [0, 0.1) is 82.4 Å². The van der Waals surface area contributed by atoms with Gasteiger partial charge in [0.15, 0.2) is 17.4 Å². The monoisotopic (exact) mass is 2200 g/mol. The summed E-state index contributed by atoms with van der Waals surface area (Å²) in [5, 5.41) is 21.4. The van der Waals surface area contributed by atoms with Crippen molar-refractivity contribution in [2.45, 2.75) is 46.2 Å². The Labute approximate surface area is 615 Å².